The fraction of sp³-hybridized carbons (Fsp3) is 0.158. The van der Waals surface area contributed by atoms with Gasteiger partial charge in [0.1, 0.15) is 12.6 Å². The molecule has 3 aromatic rings. The van der Waals surface area contributed by atoms with E-state index in [4.69, 9.17) is 10.5 Å². The second kappa shape index (κ2) is 7.53. The van der Waals surface area contributed by atoms with Crippen LogP contribution in [0.1, 0.15) is 11.1 Å². The number of carbonyl (C=O) groups is 2. The topological polar surface area (TPSA) is 97.2 Å². The summed E-state index contributed by atoms with van der Waals surface area (Å²) in [4.78, 5) is 26.8. The van der Waals surface area contributed by atoms with Gasteiger partial charge in [-0.25, -0.2) is 4.79 Å². The summed E-state index contributed by atoms with van der Waals surface area (Å²) < 4.78 is 5.15. The number of primary amides is 1. The number of amides is 2. The van der Waals surface area contributed by atoms with Gasteiger partial charge in [-0.2, -0.15) is 0 Å². The van der Waals surface area contributed by atoms with Crippen molar-refractivity contribution < 1.29 is 14.3 Å². The number of aromatic nitrogens is 1. The first-order valence-electron chi connectivity index (χ1n) is 7.95. The van der Waals surface area contributed by atoms with Crippen LogP contribution in [-0.2, 0) is 22.6 Å². The van der Waals surface area contributed by atoms with Crippen molar-refractivity contribution in [1.29, 1.82) is 0 Å². The van der Waals surface area contributed by atoms with Crippen molar-refractivity contribution in [2.75, 3.05) is 0 Å². The molecule has 1 heterocycles. The van der Waals surface area contributed by atoms with Gasteiger partial charge in [0, 0.05) is 23.5 Å². The van der Waals surface area contributed by atoms with E-state index in [1.807, 2.05) is 60.8 Å². The first-order chi connectivity index (χ1) is 12.1. The van der Waals surface area contributed by atoms with Gasteiger partial charge in [0.2, 0.25) is 5.91 Å². The van der Waals surface area contributed by atoms with E-state index >= 15 is 0 Å². The van der Waals surface area contributed by atoms with E-state index < -0.39 is 18.0 Å². The molecule has 4 N–H and O–H groups in total. The number of hydrogen-bond acceptors (Lipinski definition) is 3. The molecule has 25 heavy (non-hydrogen) atoms. The lowest BCUT2D eigenvalue weighted by Crippen LogP contribution is -2.46. The number of alkyl carbamates (subject to hydrolysis) is 1. The smallest absolute Gasteiger partial charge is 0.408 e. The van der Waals surface area contributed by atoms with Crippen LogP contribution in [0.5, 0.6) is 0 Å². The molecule has 1 aromatic heterocycles. The molecule has 6 nitrogen and oxygen atoms in total. The average Bonchev–Trinajstić information content (AvgIpc) is 3.03. The Morgan fingerprint density at radius 1 is 1.08 bits per heavy atom. The Balaban J connectivity index is 1.63. The van der Waals surface area contributed by atoms with Gasteiger partial charge in [-0.15, -0.1) is 0 Å². The molecule has 6 heteroatoms. The number of H-pyrrole nitrogens is 1. The number of rotatable bonds is 6. The second-order valence-corrected chi connectivity index (χ2v) is 5.72. The van der Waals surface area contributed by atoms with Crippen LogP contribution in [0.4, 0.5) is 4.79 Å². The summed E-state index contributed by atoms with van der Waals surface area (Å²) in [5.74, 6) is -0.609. The standard InChI is InChI=1S/C19H19N3O3/c20-18(23)17(10-14-11-21-16-9-5-4-8-15(14)16)22-19(24)25-12-13-6-2-1-3-7-13/h1-9,11,17,21H,10,12H2,(H2,20,23)(H,22,24)/t17-/m1/s1. The number of aromatic amines is 1. The molecule has 128 valence electrons. The van der Waals surface area contributed by atoms with Crippen LogP contribution in [-0.4, -0.2) is 23.0 Å². The molecule has 0 aliphatic rings. The van der Waals surface area contributed by atoms with E-state index in [1.54, 1.807) is 0 Å². The van der Waals surface area contributed by atoms with Crippen molar-refractivity contribution in [2.45, 2.75) is 19.1 Å². The number of nitrogens with two attached hydrogens (primary N) is 1. The predicted molar refractivity (Wildman–Crippen MR) is 94.7 cm³/mol. The lowest BCUT2D eigenvalue weighted by atomic mass is 10.0. The maximum Gasteiger partial charge on any atom is 0.408 e. The van der Waals surface area contributed by atoms with Crippen molar-refractivity contribution in [3.63, 3.8) is 0 Å². The molecule has 1 atom stereocenters. The Morgan fingerprint density at radius 2 is 1.80 bits per heavy atom. The maximum atomic E-state index is 12.0. The van der Waals surface area contributed by atoms with Crippen molar-refractivity contribution in [2.24, 2.45) is 5.73 Å². The minimum atomic E-state index is -0.845. The van der Waals surface area contributed by atoms with Gasteiger partial charge in [-0.1, -0.05) is 48.5 Å². The number of benzene rings is 2. The summed E-state index contributed by atoms with van der Waals surface area (Å²) in [7, 11) is 0. The zero-order valence-corrected chi connectivity index (χ0v) is 13.6. The van der Waals surface area contributed by atoms with E-state index in [0.717, 1.165) is 22.0 Å². The highest BCUT2D eigenvalue weighted by atomic mass is 16.5. The first kappa shape index (κ1) is 16.6. The predicted octanol–water partition coefficient (Wildman–Crippen LogP) is 2.49. The zero-order chi connectivity index (χ0) is 17.6. The van der Waals surface area contributed by atoms with Gasteiger partial charge in [-0.05, 0) is 17.2 Å². The van der Waals surface area contributed by atoms with Crippen molar-refractivity contribution >= 4 is 22.9 Å². The summed E-state index contributed by atoms with van der Waals surface area (Å²) in [6, 6.07) is 16.2. The van der Waals surface area contributed by atoms with Crippen LogP contribution in [0, 0.1) is 0 Å². The van der Waals surface area contributed by atoms with Crippen molar-refractivity contribution in [1.82, 2.24) is 10.3 Å². The first-order valence-corrected chi connectivity index (χ1v) is 7.95. The van der Waals surface area contributed by atoms with Gasteiger partial charge >= 0.3 is 6.09 Å². The largest absolute Gasteiger partial charge is 0.445 e. The molecule has 0 spiro atoms. The third-order valence-corrected chi connectivity index (χ3v) is 3.95. The number of ether oxygens (including phenoxy) is 1. The molecular formula is C19H19N3O3. The molecule has 2 aromatic carbocycles. The number of nitrogens with one attached hydrogen (secondary N) is 2. The Labute approximate surface area is 145 Å². The Hall–Kier alpha value is -3.28. The fourth-order valence-electron chi connectivity index (χ4n) is 2.65. The van der Waals surface area contributed by atoms with E-state index in [0.29, 0.717) is 6.42 Å². The van der Waals surface area contributed by atoms with Gasteiger partial charge in [0.25, 0.3) is 0 Å². The van der Waals surface area contributed by atoms with Gasteiger partial charge in [-0.3, -0.25) is 4.79 Å². The third kappa shape index (κ3) is 4.17. The molecule has 0 fully saturated rings. The molecule has 0 radical (unpaired) electrons. The molecule has 3 rings (SSSR count). The number of hydrogen-bond donors (Lipinski definition) is 3. The molecule has 0 unspecified atom stereocenters. The SMILES string of the molecule is NC(=O)[C@@H](Cc1c[nH]c2ccccc12)NC(=O)OCc1ccccc1. The number of carbonyl (C=O) groups excluding carboxylic acids is 2. The Morgan fingerprint density at radius 3 is 2.56 bits per heavy atom. The summed E-state index contributed by atoms with van der Waals surface area (Å²) in [5.41, 5.74) is 8.17. The van der Waals surface area contributed by atoms with Gasteiger partial charge in [0.15, 0.2) is 0 Å². The second-order valence-electron chi connectivity index (χ2n) is 5.72. The summed E-state index contributed by atoms with van der Waals surface area (Å²) in [6.07, 6.45) is 1.43. The van der Waals surface area contributed by atoms with Gasteiger partial charge in [0.05, 0.1) is 0 Å². The molecule has 2 amide bonds. The quantitative estimate of drug-likeness (QED) is 0.644. The average molecular weight is 337 g/mol. The summed E-state index contributed by atoms with van der Waals surface area (Å²) in [6.45, 7) is 0.130. The minimum Gasteiger partial charge on any atom is -0.445 e. The van der Waals surface area contributed by atoms with E-state index in [-0.39, 0.29) is 6.61 Å². The zero-order valence-electron chi connectivity index (χ0n) is 13.6. The monoisotopic (exact) mass is 337 g/mol. The third-order valence-electron chi connectivity index (χ3n) is 3.95. The van der Waals surface area contributed by atoms with E-state index in [9.17, 15) is 9.59 Å². The minimum absolute atomic E-state index is 0.130. The molecule has 0 aliphatic carbocycles. The van der Waals surface area contributed by atoms with E-state index in [2.05, 4.69) is 10.3 Å². The molecular weight excluding hydrogens is 318 g/mol. The van der Waals surface area contributed by atoms with Crippen LogP contribution in [0.3, 0.4) is 0 Å². The van der Waals surface area contributed by atoms with Crippen LogP contribution in [0.2, 0.25) is 0 Å². The van der Waals surface area contributed by atoms with Crippen LogP contribution in [0.25, 0.3) is 10.9 Å². The summed E-state index contributed by atoms with van der Waals surface area (Å²) >= 11 is 0. The fourth-order valence-corrected chi connectivity index (χ4v) is 2.65. The van der Waals surface area contributed by atoms with Gasteiger partial charge < -0.3 is 20.8 Å². The number of fused-ring (bicyclic) bond motifs is 1. The highest BCUT2D eigenvalue weighted by molar-refractivity contribution is 5.87. The normalized spacial score (nSPS) is 11.8. The van der Waals surface area contributed by atoms with Crippen LogP contribution < -0.4 is 11.1 Å². The lowest BCUT2D eigenvalue weighted by molar-refractivity contribution is -0.119. The Kier molecular flexibility index (Phi) is 4.99. The molecule has 0 saturated carbocycles. The number of para-hydroxylation sites is 1. The van der Waals surface area contributed by atoms with Crippen LogP contribution in [0.15, 0.2) is 60.8 Å². The Bertz CT molecular complexity index is 874. The molecule has 0 bridgehead atoms. The molecule has 0 saturated heterocycles. The van der Waals surface area contributed by atoms with Crippen LogP contribution >= 0.6 is 0 Å². The van der Waals surface area contributed by atoms with E-state index in [1.165, 1.54) is 0 Å². The van der Waals surface area contributed by atoms with Crippen molar-refractivity contribution in [3.05, 3.63) is 71.9 Å². The highest BCUT2D eigenvalue weighted by Crippen LogP contribution is 2.19. The molecule has 0 aliphatic heterocycles. The highest BCUT2D eigenvalue weighted by Gasteiger charge is 2.21. The maximum absolute atomic E-state index is 12.0. The summed E-state index contributed by atoms with van der Waals surface area (Å²) in [5, 5.41) is 3.53. The van der Waals surface area contributed by atoms with Crippen molar-refractivity contribution in [3.8, 4) is 0 Å². The lowest BCUT2D eigenvalue weighted by Gasteiger charge is -2.15.